The Morgan fingerprint density at radius 3 is 2.72 bits per heavy atom. The molecule has 5 atom stereocenters. The lowest BCUT2D eigenvalue weighted by atomic mass is 9.55. The molecule has 5 nitrogen and oxygen atoms in total. The summed E-state index contributed by atoms with van der Waals surface area (Å²) in [6.45, 7) is 4.07. The molecule has 0 radical (unpaired) electrons. The molecule has 2 aliphatic carbocycles. The predicted octanol–water partition coefficient (Wildman–Crippen LogP) is 3.71. The quantitative estimate of drug-likeness (QED) is 0.575. The van der Waals surface area contributed by atoms with Crippen molar-refractivity contribution in [3.63, 3.8) is 0 Å². The van der Waals surface area contributed by atoms with Crippen molar-refractivity contribution in [2.24, 2.45) is 16.7 Å². The van der Waals surface area contributed by atoms with Gasteiger partial charge in [0.15, 0.2) is 6.10 Å². The van der Waals surface area contributed by atoms with Crippen LogP contribution < -0.4 is 0 Å². The average Bonchev–Trinajstić information content (AvgIpc) is 3.25. The molecule has 1 aromatic rings. The first-order valence-corrected chi connectivity index (χ1v) is 9.16. The molecule has 5 heteroatoms. The zero-order valence-corrected chi connectivity index (χ0v) is 14.5. The molecule has 132 valence electrons. The summed E-state index contributed by atoms with van der Waals surface area (Å²) in [7, 11) is 0. The highest BCUT2D eigenvalue weighted by molar-refractivity contribution is 5.89. The summed E-state index contributed by atoms with van der Waals surface area (Å²) in [4.78, 5) is 25.6. The van der Waals surface area contributed by atoms with Crippen LogP contribution in [0.3, 0.4) is 0 Å². The standard InChI is InChI=1S/C20H22O5/c1-11-9-14-16-12(5-3-7-19(16,2)17(21)24-14)20(11)10-15(25-18(20)22)13-6-4-8-23-13/h4,6,8,11,14-15H,3,5,7,9-10H2,1-2H3/t11-,14-,15-,19-,20+/m1/s1. The number of rotatable bonds is 1. The van der Waals surface area contributed by atoms with Crippen LogP contribution in [0.4, 0.5) is 0 Å². The predicted molar refractivity (Wildman–Crippen MR) is 87.2 cm³/mol. The van der Waals surface area contributed by atoms with E-state index in [1.165, 1.54) is 0 Å². The van der Waals surface area contributed by atoms with Crippen LogP contribution >= 0.6 is 0 Å². The van der Waals surface area contributed by atoms with Crippen LogP contribution in [0.2, 0.25) is 0 Å². The molecule has 0 saturated carbocycles. The van der Waals surface area contributed by atoms with E-state index in [0.717, 1.165) is 30.4 Å². The van der Waals surface area contributed by atoms with Crippen LogP contribution in [0, 0.1) is 16.7 Å². The number of carbonyl (C=O) groups excluding carboxylic acids is 2. The Morgan fingerprint density at radius 1 is 1.16 bits per heavy atom. The fourth-order valence-corrected chi connectivity index (χ4v) is 5.68. The number of hydrogen-bond donors (Lipinski definition) is 0. The molecule has 0 aromatic carbocycles. The summed E-state index contributed by atoms with van der Waals surface area (Å²) < 4.78 is 17.0. The largest absolute Gasteiger partial charge is 0.465 e. The maximum atomic E-state index is 13.1. The van der Waals surface area contributed by atoms with Crippen molar-refractivity contribution < 1.29 is 23.5 Å². The molecule has 5 rings (SSSR count). The van der Waals surface area contributed by atoms with Gasteiger partial charge < -0.3 is 13.9 Å². The van der Waals surface area contributed by atoms with Crippen LogP contribution in [0.15, 0.2) is 34.0 Å². The minimum Gasteiger partial charge on any atom is -0.465 e. The third-order valence-electron chi connectivity index (χ3n) is 6.97. The summed E-state index contributed by atoms with van der Waals surface area (Å²) >= 11 is 0. The number of furan rings is 1. The van der Waals surface area contributed by atoms with E-state index in [1.54, 1.807) is 6.26 Å². The van der Waals surface area contributed by atoms with Gasteiger partial charge in [-0.2, -0.15) is 0 Å². The first-order chi connectivity index (χ1) is 12.0. The van der Waals surface area contributed by atoms with E-state index in [-0.39, 0.29) is 30.1 Å². The number of cyclic esters (lactones) is 1. The first kappa shape index (κ1) is 15.2. The summed E-state index contributed by atoms with van der Waals surface area (Å²) in [6.07, 6.45) is 4.95. The zero-order chi connectivity index (χ0) is 17.4. The van der Waals surface area contributed by atoms with Gasteiger partial charge >= 0.3 is 11.9 Å². The average molecular weight is 342 g/mol. The topological polar surface area (TPSA) is 65.7 Å². The number of carbonyl (C=O) groups is 2. The summed E-state index contributed by atoms with van der Waals surface area (Å²) in [5.74, 6) is 0.494. The lowest BCUT2D eigenvalue weighted by molar-refractivity contribution is -0.151. The van der Waals surface area contributed by atoms with Crippen LogP contribution in [0.25, 0.3) is 0 Å². The van der Waals surface area contributed by atoms with Gasteiger partial charge in [-0.05, 0) is 61.8 Å². The molecular weight excluding hydrogens is 320 g/mol. The Kier molecular flexibility index (Phi) is 2.91. The summed E-state index contributed by atoms with van der Waals surface area (Å²) in [5.41, 5.74) is 1.00. The molecule has 2 fully saturated rings. The second-order valence-electron chi connectivity index (χ2n) is 8.19. The van der Waals surface area contributed by atoms with Crippen LogP contribution in [0.5, 0.6) is 0 Å². The highest BCUT2D eigenvalue weighted by Crippen LogP contribution is 2.63. The van der Waals surface area contributed by atoms with Crippen LogP contribution in [-0.4, -0.2) is 18.0 Å². The third kappa shape index (κ3) is 1.74. The molecular formula is C20H22O5. The SMILES string of the molecule is C[C@@H]1C[C@H]2OC(=O)[C@]3(C)CCCC(=C23)[C@]12C[C@H](c1ccco1)OC2=O. The molecule has 25 heavy (non-hydrogen) atoms. The maximum absolute atomic E-state index is 13.1. The van der Waals surface area contributed by atoms with Crippen molar-refractivity contribution in [1.82, 2.24) is 0 Å². The van der Waals surface area contributed by atoms with Gasteiger partial charge in [0.1, 0.15) is 11.9 Å². The number of fused-ring (bicyclic) bond motifs is 1. The number of esters is 2. The molecule has 1 spiro atoms. The summed E-state index contributed by atoms with van der Waals surface area (Å²) in [6, 6.07) is 3.68. The van der Waals surface area contributed by atoms with Crippen molar-refractivity contribution in [3.05, 3.63) is 35.3 Å². The van der Waals surface area contributed by atoms with Crippen molar-refractivity contribution in [1.29, 1.82) is 0 Å². The monoisotopic (exact) mass is 342 g/mol. The lowest BCUT2D eigenvalue weighted by Gasteiger charge is -2.45. The Hall–Kier alpha value is -2.04. The third-order valence-corrected chi connectivity index (χ3v) is 6.97. The molecule has 0 unspecified atom stereocenters. The van der Waals surface area contributed by atoms with E-state index >= 15 is 0 Å². The van der Waals surface area contributed by atoms with E-state index in [2.05, 4.69) is 6.92 Å². The van der Waals surface area contributed by atoms with Gasteiger partial charge in [-0.15, -0.1) is 0 Å². The Morgan fingerprint density at radius 2 is 1.96 bits per heavy atom. The molecule has 4 aliphatic rings. The molecule has 0 amide bonds. The Balaban J connectivity index is 1.66. The molecule has 2 aliphatic heterocycles. The number of hydrogen-bond acceptors (Lipinski definition) is 5. The first-order valence-electron chi connectivity index (χ1n) is 9.16. The molecule has 0 N–H and O–H groups in total. The second-order valence-corrected chi connectivity index (χ2v) is 8.19. The van der Waals surface area contributed by atoms with E-state index in [0.29, 0.717) is 18.6 Å². The van der Waals surface area contributed by atoms with Crippen molar-refractivity contribution in [2.45, 2.75) is 58.2 Å². The highest BCUT2D eigenvalue weighted by atomic mass is 16.6. The normalized spacial score (nSPS) is 42.6. The molecule has 3 heterocycles. The van der Waals surface area contributed by atoms with Gasteiger partial charge in [-0.25, -0.2) is 0 Å². The van der Waals surface area contributed by atoms with Crippen molar-refractivity contribution in [3.8, 4) is 0 Å². The highest BCUT2D eigenvalue weighted by Gasteiger charge is 2.65. The molecule has 2 saturated heterocycles. The van der Waals surface area contributed by atoms with E-state index in [9.17, 15) is 9.59 Å². The van der Waals surface area contributed by atoms with Gasteiger partial charge in [0.2, 0.25) is 0 Å². The van der Waals surface area contributed by atoms with Gasteiger partial charge in [-0.3, -0.25) is 9.59 Å². The second kappa shape index (κ2) is 4.77. The fourth-order valence-electron chi connectivity index (χ4n) is 5.68. The van der Waals surface area contributed by atoms with Gasteiger partial charge in [0.05, 0.1) is 17.1 Å². The molecule has 0 bridgehead atoms. The maximum Gasteiger partial charge on any atom is 0.317 e. The lowest BCUT2D eigenvalue weighted by Crippen LogP contribution is -2.45. The van der Waals surface area contributed by atoms with Crippen LogP contribution in [-0.2, 0) is 19.1 Å². The minimum atomic E-state index is -0.640. The van der Waals surface area contributed by atoms with Crippen molar-refractivity contribution >= 4 is 11.9 Å². The fraction of sp³-hybridized carbons (Fsp3) is 0.600. The Labute approximate surface area is 146 Å². The van der Waals surface area contributed by atoms with Gasteiger partial charge in [0.25, 0.3) is 0 Å². The van der Waals surface area contributed by atoms with E-state index in [1.807, 2.05) is 19.1 Å². The smallest absolute Gasteiger partial charge is 0.317 e. The van der Waals surface area contributed by atoms with Crippen LogP contribution in [0.1, 0.15) is 57.8 Å². The van der Waals surface area contributed by atoms with Gasteiger partial charge in [-0.1, -0.05) is 6.92 Å². The van der Waals surface area contributed by atoms with Crippen molar-refractivity contribution in [2.75, 3.05) is 0 Å². The van der Waals surface area contributed by atoms with E-state index < -0.39 is 10.8 Å². The summed E-state index contributed by atoms with van der Waals surface area (Å²) in [5, 5.41) is 0. The molecule has 1 aromatic heterocycles. The minimum absolute atomic E-state index is 0.0805. The van der Waals surface area contributed by atoms with E-state index in [4.69, 9.17) is 13.9 Å². The zero-order valence-electron chi connectivity index (χ0n) is 14.5. The number of ether oxygens (including phenoxy) is 2. The van der Waals surface area contributed by atoms with Gasteiger partial charge in [0, 0.05) is 6.42 Å². The Bertz CT molecular complexity index is 791.